The van der Waals surface area contributed by atoms with E-state index in [0.717, 1.165) is 19.4 Å². The van der Waals surface area contributed by atoms with Crippen LogP contribution >= 0.6 is 0 Å². The van der Waals surface area contributed by atoms with Crippen molar-refractivity contribution in [3.8, 4) is 5.75 Å². The molecule has 0 radical (unpaired) electrons. The molecule has 1 aromatic rings. The van der Waals surface area contributed by atoms with Crippen LogP contribution in [-0.2, 0) is 14.3 Å². The SMILES string of the molecule is C=CCNC(=O)[C@H](C)OC(=O)c1ccc(OC[C@@H]2CCCO2)cc1. The molecule has 0 aromatic heterocycles. The Morgan fingerprint density at radius 1 is 1.42 bits per heavy atom. The van der Waals surface area contributed by atoms with Crippen LogP contribution < -0.4 is 10.1 Å². The average Bonchev–Trinajstić information content (AvgIpc) is 3.11. The van der Waals surface area contributed by atoms with Crippen molar-refractivity contribution in [3.05, 3.63) is 42.5 Å². The number of carbonyl (C=O) groups is 2. The van der Waals surface area contributed by atoms with E-state index in [2.05, 4.69) is 11.9 Å². The van der Waals surface area contributed by atoms with Gasteiger partial charge in [-0.25, -0.2) is 4.79 Å². The fourth-order valence-electron chi connectivity index (χ4n) is 2.25. The number of hydrogen-bond donors (Lipinski definition) is 1. The molecule has 1 heterocycles. The highest BCUT2D eigenvalue weighted by Crippen LogP contribution is 2.17. The van der Waals surface area contributed by atoms with Crippen molar-refractivity contribution < 1.29 is 23.8 Å². The van der Waals surface area contributed by atoms with Gasteiger partial charge in [-0.05, 0) is 44.0 Å². The van der Waals surface area contributed by atoms with E-state index in [-0.39, 0.29) is 12.0 Å². The van der Waals surface area contributed by atoms with E-state index in [0.29, 0.717) is 24.5 Å². The number of carbonyl (C=O) groups excluding carboxylic acids is 2. The summed E-state index contributed by atoms with van der Waals surface area (Å²) in [7, 11) is 0. The van der Waals surface area contributed by atoms with Crippen LogP contribution in [0.15, 0.2) is 36.9 Å². The number of ether oxygens (including phenoxy) is 3. The van der Waals surface area contributed by atoms with Crippen LogP contribution in [0.3, 0.4) is 0 Å². The molecule has 1 fully saturated rings. The zero-order valence-corrected chi connectivity index (χ0v) is 13.8. The maximum absolute atomic E-state index is 12.0. The van der Waals surface area contributed by atoms with Crippen molar-refractivity contribution in [2.24, 2.45) is 0 Å². The Kier molecular flexibility index (Phi) is 6.81. The Morgan fingerprint density at radius 2 is 2.17 bits per heavy atom. The number of esters is 1. The summed E-state index contributed by atoms with van der Waals surface area (Å²) in [5.74, 6) is -0.250. The van der Waals surface area contributed by atoms with E-state index >= 15 is 0 Å². The van der Waals surface area contributed by atoms with E-state index < -0.39 is 12.1 Å². The second kappa shape index (κ2) is 9.08. The summed E-state index contributed by atoms with van der Waals surface area (Å²) in [6, 6.07) is 6.63. The van der Waals surface area contributed by atoms with Gasteiger partial charge in [0, 0.05) is 13.2 Å². The Bertz CT molecular complexity index is 563. The highest BCUT2D eigenvalue weighted by Gasteiger charge is 2.19. The van der Waals surface area contributed by atoms with Crippen LogP contribution in [-0.4, -0.2) is 43.8 Å². The monoisotopic (exact) mass is 333 g/mol. The predicted octanol–water partition coefficient (Wildman–Crippen LogP) is 2.09. The Labute approximate surface area is 141 Å². The predicted molar refractivity (Wildman–Crippen MR) is 89.0 cm³/mol. The minimum Gasteiger partial charge on any atom is -0.491 e. The third-order valence-corrected chi connectivity index (χ3v) is 3.62. The zero-order valence-electron chi connectivity index (χ0n) is 13.8. The van der Waals surface area contributed by atoms with Gasteiger partial charge in [0.1, 0.15) is 12.4 Å². The van der Waals surface area contributed by atoms with Crippen LogP contribution in [0.25, 0.3) is 0 Å². The quantitative estimate of drug-likeness (QED) is 0.582. The fraction of sp³-hybridized carbons (Fsp3) is 0.444. The van der Waals surface area contributed by atoms with E-state index in [1.807, 2.05) is 0 Å². The van der Waals surface area contributed by atoms with Crippen molar-refractivity contribution in [3.63, 3.8) is 0 Å². The minimum atomic E-state index is -0.868. The lowest BCUT2D eigenvalue weighted by molar-refractivity contribution is -0.128. The van der Waals surface area contributed by atoms with Crippen molar-refractivity contribution in [1.82, 2.24) is 5.32 Å². The number of amides is 1. The molecule has 6 heteroatoms. The first-order chi connectivity index (χ1) is 11.6. The second-order valence-electron chi connectivity index (χ2n) is 5.55. The lowest BCUT2D eigenvalue weighted by Crippen LogP contribution is -2.35. The average molecular weight is 333 g/mol. The summed E-state index contributed by atoms with van der Waals surface area (Å²) in [5, 5.41) is 2.58. The van der Waals surface area contributed by atoms with Crippen molar-refractivity contribution >= 4 is 11.9 Å². The van der Waals surface area contributed by atoms with Gasteiger partial charge >= 0.3 is 5.97 Å². The van der Waals surface area contributed by atoms with Gasteiger partial charge < -0.3 is 19.5 Å². The Hall–Kier alpha value is -2.34. The summed E-state index contributed by atoms with van der Waals surface area (Å²) >= 11 is 0. The summed E-state index contributed by atoms with van der Waals surface area (Å²) in [4.78, 5) is 23.7. The van der Waals surface area contributed by atoms with Gasteiger partial charge in [-0.3, -0.25) is 4.79 Å². The van der Waals surface area contributed by atoms with Crippen LogP contribution in [0.5, 0.6) is 5.75 Å². The van der Waals surface area contributed by atoms with E-state index in [1.165, 1.54) is 6.92 Å². The molecular formula is C18H23NO5. The number of benzene rings is 1. The van der Waals surface area contributed by atoms with Crippen molar-refractivity contribution in [1.29, 1.82) is 0 Å². The maximum Gasteiger partial charge on any atom is 0.338 e. The standard InChI is InChI=1S/C18H23NO5/c1-3-10-19-17(20)13(2)24-18(21)14-6-8-15(9-7-14)23-12-16-5-4-11-22-16/h3,6-9,13,16H,1,4-5,10-12H2,2H3,(H,19,20)/t13-,16-/m0/s1. The first-order valence-electron chi connectivity index (χ1n) is 8.04. The zero-order chi connectivity index (χ0) is 17.4. The number of nitrogens with one attached hydrogen (secondary N) is 1. The molecule has 130 valence electrons. The molecule has 1 aliphatic heterocycles. The molecule has 1 saturated heterocycles. The molecule has 6 nitrogen and oxygen atoms in total. The first-order valence-corrected chi connectivity index (χ1v) is 8.04. The molecule has 2 rings (SSSR count). The molecule has 24 heavy (non-hydrogen) atoms. The highest BCUT2D eigenvalue weighted by atomic mass is 16.5. The number of hydrogen-bond acceptors (Lipinski definition) is 5. The molecule has 2 atom stereocenters. The van der Waals surface area contributed by atoms with Crippen molar-refractivity contribution in [2.45, 2.75) is 32.0 Å². The largest absolute Gasteiger partial charge is 0.491 e. The summed E-state index contributed by atoms with van der Waals surface area (Å²) in [6.07, 6.45) is 2.91. The lowest BCUT2D eigenvalue weighted by Gasteiger charge is -2.13. The molecule has 0 bridgehead atoms. The van der Waals surface area contributed by atoms with Crippen LogP contribution in [0.1, 0.15) is 30.1 Å². The Morgan fingerprint density at radius 3 is 2.79 bits per heavy atom. The second-order valence-corrected chi connectivity index (χ2v) is 5.55. The molecular weight excluding hydrogens is 310 g/mol. The highest BCUT2D eigenvalue weighted by molar-refractivity contribution is 5.92. The topological polar surface area (TPSA) is 73.9 Å². The molecule has 1 N–H and O–H groups in total. The van der Waals surface area contributed by atoms with Crippen LogP contribution in [0.4, 0.5) is 0 Å². The van der Waals surface area contributed by atoms with Gasteiger partial charge in [0.05, 0.1) is 11.7 Å². The van der Waals surface area contributed by atoms with Gasteiger partial charge in [-0.15, -0.1) is 6.58 Å². The molecule has 1 aromatic carbocycles. The van der Waals surface area contributed by atoms with E-state index in [9.17, 15) is 9.59 Å². The van der Waals surface area contributed by atoms with E-state index in [1.54, 1.807) is 30.3 Å². The molecule has 0 spiro atoms. The first kappa shape index (κ1) is 18.0. The Balaban J connectivity index is 1.81. The fourth-order valence-corrected chi connectivity index (χ4v) is 2.25. The maximum atomic E-state index is 12.0. The van der Waals surface area contributed by atoms with Crippen molar-refractivity contribution in [2.75, 3.05) is 19.8 Å². The van der Waals surface area contributed by atoms with E-state index in [4.69, 9.17) is 14.2 Å². The smallest absolute Gasteiger partial charge is 0.338 e. The third kappa shape index (κ3) is 5.38. The van der Waals surface area contributed by atoms with Gasteiger partial charge in [0.15, 0.2) is 6.10 Å². The summed E-state index contributed by atoms with van der Waals surface area (Å²) < 4.78 is 16.3. The van der Waals surface area contributed by atoms with Crippen LogP contribution in [0, 0.1) is 0 Å². The van der Waals surface area contributed by atoms with Gasteiger partial charge in [-0.1, -0.05) is 6.08 Å². The molecule has 0 unspecified atom stereocenters. The molecule has 0 saturated carbocycles. The lowest BCUT2D eigenvalue weighted by atomic mass is 10.2. The summed E-state index contributed by atoms with van der Waals surface area (Å²) in [6.45, 7) is 6.65. The molecule has 0 aliphatic carbocycles. The molecule has 1 aliphatic rings. The van der Waals surface area contributed by atoms with Gasteiger partial charge in [-0.2, -0.15) is 0 Å². The van der Waals surface area contributed by atoms with Gasteiger partial charge in [0.25, 0.3) is 5.91 Å². The van der Waals surface area contributed by atoms with Gasteiger partial charge in [0.2, 0.25) is 0 Å². The van der Waals surface area contributed by atoms with Crippen LogP contribution in [0.2, 0.25) is 0 Å². The molecule has 1 amide bonds. The minimum absolute atomic E-state index is 0.143. The summed E-state index contributed by atoms with van der Waals surface area (Å²) in [5.41, 5.74) is 0.364. The normalized spacial score (nSPS) is 17.8. The number of rotatable bonds is 8. The third-order valence-electron chi connectivity index (χ3n) is 3.62.